The van der Waals surface area contributed by atoms with Gasteiger partial charge in [-0.1, -0.05) is 36.4 Å². The fraction of sp³-hybridized carbons (Fsp3) is 0.455. The molecule has 0 aliphatic carbocycles. The van der Waals surface area contributed by atoms with Gasteiger partial charge < -0.3 is 19.3 Å². The van der Waals surface area contributed by atoms with Gasteiger partial charge in [0.2, 0.25) is 0 Å². The number of rotatable bonds is 13. The predicted molar refractivity (Wildman–Crippen MR) is 123 cm³/mol. The molecule has 0 unspecified atom stereocenters. The molecule has 0 heterocycles. The van der Waals surface area contributed by atoms with E-state index >= 15 is 0 Å². The van der Waals surface area contributed by atoms with Crippen LogP contribution in [0.15, 0.2) is 60.7 Å². The van der Waals surface area contributed by atoms with Crippen LogP contribution < -0.4 is 9.47 Å². The summed E-state index contributed by atoms with van der Waals surface area (Å²) in [5.41, 5.74) is 0. The summed E-state index contributed by atoms with van der Waals surface area (Å²) in [4.78, 5) is 4.73. The lowest BCUT2D eigenvalue weighted by atomic mass is 10.3. The third-order valence-electron chi connectivity index (χ3n) is 4.26. The highest BCUT2D eigenvalue weighted by Crippen LogP contribution is 2.09. The van der Waals surface area contributed by atoms with Crippen molar-refractivity contribution < 1.29 is 9.47 Å². The number of hydrogen-bond donors (Lipinski definition) is 0. The second-order valence-corrected chi connectivity index (χ2v) is 6.64. The Labute approximate surface area is 182 Å². The van der Waals surface area contributed by atoms with E-state index in [-0.39, 0.29) is 24.8 Å². The second-order valence-electron chi connectivity index (χ2n) is 6.64. The van der Waals surface area contributed by atoms with Crippen LogP contribution in [0.1, 0.15) is 12.8 Å². The highest BCUT2D eigenvalue weighted by molar-refractivity contribution is 5.85. The van der Waals surface area contributed by atoms with Crippen molar-refractivity contribution in [1.82, 2.24) is 9.80 Å². The largest absolute Gasteiger partial charge is 0.494 e. The van der Waals surface area contributed by atoms with E-state index in [4.69, 9.17) is 9.47 Å². The van der Waals surface area contributed by atoms with Crippen molar-refractivity contribution in [2.75, 3.05) is 53.5 Å². The molecule has 6 heteroatoms. The van der Waals surface area contributed by atoms with Crippen molar-refractivity contribution in [3.05, 3.63) is 60.7 Å². The van der Waals surface area contributed by atoms with E-state index in [1.165, 1.54) is 0 Å². The summed E-state index contributed by atoms with van der Waals surface area (Å²) >= 11 is 0. The van der Waals surface area contributed by atoms with Crippen LogP contribution >= 0.6 is 24.8 Å². The molecule has 28 heavy (non-hydrogen) atoms. The zero-order valence-electron chi connectivity index (χ0n) is 17.0. The van der Waals surface area contributed by atoms with E-state index in [0.717, 1.165) is 63.7 Å². The molecular weight excluding hydrogens is 395 g/mol. The van der Waals surface area contributed by atoms with Gasteiger partial charge in [-0.05, 0) is 51.2 Å². The Morgan fingerprint density at radius 1 is 0.571 bits per heavy atom. The van der Waals surface area contributed by atoms with Crippen LogP contribution in [0.3, 0.4) is 0 Å². The Morgan fingerprint density at radius 3 is 1.29 bits per heavy atom. The molecule has 158 valence electrons. The van der Waals surface area contributed by atoms with Crippen LogP contribution in [0.2, 0.25) is 0 Å². The third kappa shape index (κ3) is 12.1. The Bertz CT molecular complexity index is 534. The average molecular weight is 429 g/mol. The molecule has 2 rings (SSSR count). The van der Waals surface area contributed by atoms with Crippen molar-refractivity contribution in [2.45, 2.75) is 12.8 Å². The number of ether oxygens (including phenoxy) is 2. The van der Waals surface area contributed by atoms with E-state index in [1.54, 1.807) is 0 Å². The fourth-order valence-electron chi connectivity index (χ4n) is 2.65. The van der Waals surface area contributed by atoms with Gasteiger partial charge in [-0.25, -0.2) is 0 Å². The molecule has 0 spiro atoms. The number of nitrogens with zero attached hydrogens (tertiary/aromatic N) is 2. The van der Waals surface area contributed by atoms with Gasteiger partial charge in [0.1, 0.15) is 11.5 Å². The summed E-state index contributed by atoms with van der Waals surface area (Å²) in [6.07, 6.45) is 2.08. The normalized spacial score (nSPS) is 10.3. The Hall–Kier alpha value is -1.46. The number of para-hydroxylation sites is 2. The topological polar surface area (TPSA) is 24.9 Å². The minimum absolute atomic E-state index is 0. The van der Waals surface area contributed by atoms with Crippen molar-refractivity contribution in [1.29, 1.82) is 0 Å². The standard InChI is InChI=1S/C22H32N2O2.2ClH/c1-23(15-9-19-25-21-11-5-3-6-12-21)17-18-24(2)16-10-20-26-22-13-7-4-8-14-22;;/h3-8,11-14H,9-10,15-20H2,1-2H3;2*1H. The van der Waals surface area contributed by atoms with Gasteiger partial charge in [0, 0.05) is 26.2 Å². The molecule has 0 aliphatic rings. The summed E-state index contributed by atoms with van der Waals surface area (Å²) in [6.45, 7) is 5.78. The highest BCUT2D eigenvalue weighted by Gasteiger charge is 2.03. The Kier molecular flexibility index (Phi) is 15.6. The zero-order chi connectivity index (χ0) is 18.5. The van der Waals surface area contributed by atoms with E-state index in [2.05, 4.69) is 23.9 Å². The van der Waals surface area contributed by atoms with Crippen molar-refractivity contribution in [2.24, 2.45) is 0 Å². The van der Waals surface area contributed by atoms with E-state index in [1.807, 2.05) is 60.7 Å². The maximum atomic E-state index is 5.73. The SMILES string of the molecule is CN(CCCOc1ccccc1)CCN(C)CCCOc1ccccc1.Cl.Cl. The lowest BCUT2D eigenvalue weighted by molar-refractivity contribution is 0.221. The zero-order valence-corrected chi connectivity index (χ0v) is 18.6. The Morgan fingerprint density at radius 2 is 0.929 bits per heavy atom. The molecule has 0 radical (unpaired) electrons. The number of halogens is 2. The molecular formula is C22H34Cl2N2O2. The maximum absolute atomic E-state index is 5.73. The van der Waals surface area contributed by atoms with Gasteiger partial charge in [0.25, 0.3) is 0 Å². The van der Waals surface area contributed by atoms with Gasteiger partial charge in [-0.3, -0.25) is 0 Å². The van der Waals surface area contributed by atoms with E-state index < -0.39 is 0 Å². The van der Waals surface area contributed by atoms with Crippen LogP contribution in [0.25, 0.3) is 0 Å². The summed E-state index contributed by atoms with van der Waals surface area (Å²) in [7, 11) is 4.35. The second kappa shape index (κ2) is 16.5. The van der Waals surface area contributed by atoms with Crippen molar-refractivity contribution in [3.8, 4) is 11.5 Å². The molecule has 0 aromatic heterocycles. The fourth-order valence-corrected chi connectivity index (χ4v) is 2.65. The first-order chi connectivity index (χ1) is 12.7. The quantitative estimate of drug-likeness (QED) is 0.434. The molecule has 0 amide bonds. The first-order valence-corrected chi connectivity index (χ1v) is 9.47. The van der Waals surface area contributed by atoms with Crippen molar-refractivity contribution in [3.63, 3.8) is 0 Å². The predicted octanol–water partition coefficient (Wildman–Crippen LogP) is 4.63. The molecule has 4 nitrogen and oxygen atoms in total. The third-order valence-corrected chi connectivity index (χ3v) is 4.26. The first kappa shape index (κ1) is 26.5. The number of benzene rings is 2. The highest BCUT2D eigenvalue weighted by atomic mass is 35.5. The van der Waals surface area contributed by atoms with Gasteiger partial charge in [0.15, 0.2) is 0 Å². The molecule has 2 aromatic carbocycles. The van der Waals surface area contributed by atoms with Crippen LogP contribution in [0.5, 0.6) is 11.5 Å². The van der Waals surface area contributed by atoms with Crippen LogP contribution in [-0.4, -0.2) is 63.3 Å². The van der Waals surface area contributed by atoms with Crippen LogP contribution in [-0.2, 0) is 0 Å². The van der Waals surface area contributed by atoms with Crippen LogP contribution in [0, 0.1) is 0 Å². The van der Waals surface area contributed by atoms with Crippen molar-refractivity contribution >= 4 is 24.8 Å². The Balaban J connectivity index is 0.00000364. The first-order valence-electron chi connectivity index (χ1n) is 9.47. The van der Waals surface area contributed by atoms with Gasteiger partial charge in [-0.2, -0.15) is 0 Å². The average Bonchev–Trinajstić information content (AvgIpc) is 2.68. The summed E-state index contributed by atoms with van der Waals surface area (Å²) in [5.74, 6) is 1.90. The molecule has 2 aromatic rings. The van der Waals surface area contributed by atoms with E-state index in [0.29, 0.717) is 0 Å². The molecule has 0 saturated carbocycles. The molecule has 0 N–H and O–H groups in total. The number of hydrogen-bond acceptors (Lipinski definition) is 4. The summed E-state index contributed by atoms with van der Waals surface area (Å²) in [6, 6.07) is 20.0. The van der Waals surface area contributed by atoms with Gasteiger partial charge in [-0.15, -0.1) is 24.8 Å². The summed E-state index contributed by atoms with van der Waals surface area (Å²) in [5, 5.41) is 0. The molecule has 0 aliphatic heterocycles. The van der Waals surface area contributed by atoms with Gasteiger partial charge in [0.05, 0.1) is 13.2 Å². The monoisotopic (exact) mass is 428 g/mol. The lowest BCUT2D eigenvalue weighted by Gasteiger charge is -2.22. The summed E-state index contributed by atoms with van der Waals surface area (Å²) < 4.78 is 11.5. The maximum Gasteiger partial charge on any atom is 0.119 e. The minimum Gasteiger partial charge on any atom is -0.494 e. The molecule has 0 saturated heterocycles. The number of likely N-dealkylation sites (N-methyl/N-ethyl adjacent to an activating group) is 2. The van der Waals surface area contributed by atoms with Gasteiger partial charge >= 0.3 is 0 Å². The van der Waals surface area contributed by atoms with Crippen LogP contribution in [0.4, 0.5) is 0 Å². The minimum atomic E-state index is 0. The molecule has 0 bridgehead atoms. The van der Waals surface area contributed by atoms with E-state index in [9.17, 15) is 0 Å². The molecule has 0 fully saturated rings. The lowest BCUT2D eigenvalue weighted by Crippen LogP contribution is -2.32. The molecule has 0 atom stereocenters. The smallest absolute Gasteiger partial charge is 0.119 e.